The Kier molecular flexibility index (Phi) is 4.20. The number of amides is 1. The summed E-state index contributed by atoms with van der Waals surface area (Å²) in [5.74, 6) is 0.106. The Hall–Kier alpha value is -2.36. The van der Waals surface area contributed by atoms with Gasteiger partial charge in [0.25, 0.3) is 0 Å². The van der Waals surface area contributed by atoms with Gasteiger partial charge in [-0.1, -0.05) is 18.2 Å². The average Bonchev–Trinajstić information content (AvgIpc) is 3.27. The summed E-state index contributed by atoms with van der Waals surface area (Å²) in [6, 6.07) is 6.42. The molecule has 0 saturated heterocycles. The van der Waals surface area contributed by atoms with Crippen molar-refractivity contribution in [2.24, 2.45) is 0 Å². The molecular weight excluding hydrogens is 310 g/mol. The minimum atomic E-state index is 0.0802. The summed E-state index contributed by atoms with van der Waals surface area (Å²) in [5, 5.41) is 7.92. The zero-order valence-electron chi connectivity index (χ0n) is 15.0. The third kappa shape index (κ3) is 2.90. The first-order valence-electron chi connectivity index (χ1n) is 9.28. The molecule has 0 aliphatic heterocycles. The minimum Gasteiger partial charge on any atom is -0.345 e. The maximum Gasteiger partial charge on any atom is 0.247 e. The van der Waals surface area contributed by atoms with Gasteiger partial charge < -0.3 is 5.32 Å². The highest BCUT2D eigenvalue weighted by atomic mass is 16.1. The summed E-state index contributed by atoms with van der Waals surface area (Å²) in [6.45, 7) is 4.28. The van der Waals surface area contributed by atoms with Crippen LogP contribution in [0.15, 0.2) is 36.0 Å². The Morgan fingerprint density at radius 2 is 2.12 bits per heavy atom. The molecule has 2 aliphatic rings. The lowest BCUT2D eigenvalue weighted by molar-refractivity contribution is -0.118. The molecule has 1 heterocycles. The topological polar surface area (TPSA) is 46.9 Å². The standard InChI is InChI=1S/C21H25N3O/c1-14-7-5-11-19(15(14)2)24-20-12-6-10-18(17(20)13-22-24)23-21(25)16-8-3-4-9-16/h5,7-8,11,13,18H,3-4,6,9-10,12H2,1-2H3,(H,23,25). The molecule has 1 aromatic heterocycles. The van der Waals surface area contributed by atoms with Gasteiger partial charge in [-0.15, -0.1) is 0 Å². The molecular formula is C21H25N3O. The molecule has 1 atom stereocenters. The highest BCUT2D eigenvalue weighted by Gasteiger charge is 2.27. The van der Waals surface area contributed by atoms with Crippen LogP contribution in [0.3, 0.4) is 0 Å². The average molecular weight is 335 g/mol. The molecule has 4 heteroatoms. The number of carbonyl (C=O) groups excluding carboxylic acids is 1. The molecule has 1 unspecified atom stereocenters. The number of hydrogen-bond donors (Lipinski definition) is 1. The number of rotatable bonds is 3. The maximum atomic E-state index is 12.5. The van der Waals surface area contributed by atoms with Crippen LogP contribution in [0.2, 0.25) is 0 Å². The molecule has 0 spiro atoms. The number of nitrogens with zero attached hydrogens (tertiary/aromatic N) is 2. The molecule has 0 bridgehead atoms. The van der Waals surface area contributed by atoms with Gasteiger partial charge in [-0.25, -0.2) is 4.68 Å². The first-order valence-corrected chi connectivity index (χ1v) is 9.28. The molecule has 25 heavy (non-hydrogen) atoms. The van der Waals surface area contributed by atoms with Gasteiger partial charge in [0.2, 0.25) is 5.91 Å². The second-order valence-electron chi connectivity index (χ2n) is 7.22. The first kappa shape index (κ1) is 16.1. The monoisotopic (exact) mass is 335 g/mol. The second-order valence-corrected chi connectivity index (χ2v) is 7.22. The molecule has 4 rings (SSSR count). The van der Waals surface area contributed by atoms with Gasteiger partial charge in [0, 0.05) is 16.8 Å². The highest BCUT2D eigenvalue weighted by molar-refractivity contribution is 5.94. The summed E-state index contributed by atoms with van der Waals surface area (Å²) >= 11 is 0. The van der Waals surface area contributed by atoms with Crippen LogP contribution in [0, 0.1) is 13.8 Å². The van der Waals surface area contributed by atoms with Crippen LogP contribution in [0.25, 0.3) is 5.69 Å². The van der Waals surface area contributed by atoms with Gasteiger partial charge >= 0.3 is 0 Å². The fourth-order valence-electron chi connectivity index (χ4n) is 4.01. The van der Waals surface area contributed by atoms with Crippen molar-refractivity contribution in [3.8, 4) is 5.69 Å². The van der Waals surface area contributed by atoms with Gasteiger partial charge in [-0.05, 0) is 69.6 Å². The van der Waals surface area contributed by atoms with E-state index in [1.165, 1.54) is 22.4 Å². The summed E-state index contributed by atoms with van der Waals surface area (Å²) < 4.78 is 2.07. The zero-order chi connectivity index (χ0) is 17.4. The smallest absolute Gasteiger partial charge is 0.247 e. The van der Waals surface area contributed by atoms with Crippen LogP contribution in [0.1, 0.15) is 60.5 Å². The summed E-state index contributed by atoms with van der Waals surface area (Å²) in [4.78, 5) is 12.5. The number of nitrogens with one attached hydrogen (secondary N) is 1. The predicted molar refractivity (Wildman–Crippen MR) is 98.8 cm³/mol. The van der Waals surface area contributed by atoms with E-state index >= 15 is 0 Å². The summed E-state index contributed by atoms with van der Waals surface area (Å²) in [7, 11) is 0. The number of hydrogen-bond acceptors (Lipinski definition) is 2. The Morgan fingerprint density at radius 1 is 1.24 bits per heavy atom. The van der Waals surface area contributed by atoms with Crippen LogP contribution in [-0.2, 0) is 11.2 Å². The van der Waals surface area contributed by atoms with E-state index in [0.717, 1.165) is 49.8 Å². The molecule has 1 aromatic carbocycles. The van der Waals surface area contributed by atoms with E-state index < -0.39 is 0 Å². The van der Waals surface area contributed by atoms with Crippen LogP contribution in [0.4, 0.5) is 0 Å². The van der Waals surface area contributed by atoms with E-state index in [-0.39, 0.29) is 11.9 Å². The Labute approximate surface area is 148 Å². The van der Waals surface area contributed by atoms with E-state index in [1.54, 1.807) is 0 Å². The van der Waals surface area contributed by atoms with E-state index in [0.29, 0.717) is 0 Å². The van der Waals surface area contributed by atoms with E-state index in [4.69, 9.17) is 0 Å². The fraction of sp³-hybridized carbons (Fsp3) is 0.429. The Balaban J connectivity index is 1.64. The lowest BCUT2D eigenvalue weighted by Gasteiger charge is -2.25. The van der Waals surface area contributed by atoms with Gasteiger partial charge in [0.1, 0.15) is 0 Å². The molecule has 0 fully saturated rings. The number of carbonyl (C=O) groups is 1. The van der Waals surface area contributed by atoms with Crippen LogP contribution in [-0.4, -0.2) is 15.7 Å². The first-order chi connectivity index (χ1) is 12.1. The number of allylic oxidation sites excluding steroid dienone is 1. The van der Waals surface area contributed by atoms with Crippen molar-refractivity contribution in [2.75, 3.05) is 0 Å². The Bertz CT molecular complexity index is 847. The number of benzene rings is 1. The molecule has 1 amide bonds. The molecule has 2 aromatic rings. The molecule has 4 nitrogen and oxygen atoms in total. The Morgan fingerprint density at radius 3 is 2.92 bits per heavy atom. The molecule has 130 valence electrons. The van der Waals surface area contributed by atoms with Crippen molar-refractivity contribution in [1.29, 1.82) is 0 Å². The van der Waals surface area contributed by atoms with Crippen molar-refractivity contribution in [3.63, 3.8) is 0 Å². The predicted octanol–water partition coefficient (Wildman–Crippen LogP) is 4.09. The van der Waals surface area contributed by atoms with Crippen LogP contribution in [0.5, 0.6) is 0 Å². The van der Waals surface area contributed by atoms with Crippen LogP contribution >= 0.6 is 0 Å². The normalized spacial score (nSPS) is 19.4. The maximum absolute atomic E-state index is 12.5. The van der Waals surface area contributed by atoms with Crippen molar-refractivity contribution < 1.29 is 4.79 Å². The number of aryl methyl sites for hydroxylation is 1. The third-order valence-corrected chi connectivity index (χ3v) is 5.63. The SMILES string of the molecule is Cc1cccc(-n2ncc3c2CCCC3NC(=O)C2=CCCC2)c1C. The lowest BCUT2D eigenvalue weighted by atomic mass is 9.92. The number of fused-ring (bicyclic) bond motifs is 1. The van der Waals surface area contributed by atoms with Crippen LogP contribution < -0.4 is 5.32 Å². The molecule has 1 N–H and O–H groups in total. The molecule has 0 saturated carbocycles. The van der Waals surface area contributed by atoms with Gasteiger partial charge in [-0.2, -0.15) is 5.10 Å². The fourth-order valence-corrected chi connectivity index (χ4v) is 4.01. The summed E-state index contributed by atoms with van der Waals surface area (Å²) in [6.07, 6.45) is 10.2. The van der Waals surface area contributed by atoms with Gasteiger partial charge in [0.15, 0.2) is 0 Å². The third-order valence-electron chi connectivity index (χ3n) is 5.63. The summed E-state index contributed by atoms with van der Waals surface area (Å²) in [5.41, 5.74) is 7.05. The van der Waals surface area contributed by atoms with Gasteiger partial charge in [-0.3, -0.25) is 4.79 Å². The lowest BCUT2D eigenvalue weighted by Crippen LogP contribution is -2.31. The molecule has 2 aliphatic carbocycles. The molecule has 0 radical (unpaired) electrons. The van der Waals surface area contributed by atoms with Gasteiger partial charge in [0.05, 0.1) is 17.9 Å². The second kappa shape index (κ2) is 6.51. The van der Waals surface area contributed by atoms with Crippen molar-refractivity contribution in [1.82, 2.24) is 15.1 Å². The van der Waals surface area contributed by atoms with Crippen molar-refractivity contribution in [3.05, 3.63) is 58.4 Å². The van der Waals surface area contributed by atoms with E-state index in [9.17, 15) is 4.79 Å². The zero-order valence-corrected chi connectivity index (χ0v) is 15.0. The quantitative estimate of drug-likeness (QED) is 0.918. The highest BCUT2D eigenvalue weighted by Crippen LogP contribution is 2.32. The number of aromatic nitrogens is 2. The van der Waals surface area contributed by atoms with Crippen molar-refractivity contribution in [2.45, 2.75) is 58.4 Å². The van der Waals surface area contributed by atoms with Crippen molar-refractivity contribution >= 4 is 5.91 Å². The largest absolute Gasteiger partial charge is 0.345 e. The van der Waals surface area contributed by atoms with E-state index in [1.807, 2.05) is 6.20 Å². The minimum absolute atomic E-state index is 0.0802. The van der Waals surface area contributed by atoms with E-state index in [2.05, 4.69) is 53.2 Å².